The Hall–Kier alpha value is -2.80. The third kappa shape index (κ3) is 1.52. The van der Waals surface area contributed by atoms with Crippen molar-refractivity contribution < 1.29 is 0 Å². The molecule has 0 fully saturated rings. The molecule has 100 valence electrons. The van der Waals surface area contributed by atoms with Crippen molar-refractivity contribution in [1.29, 1.82) is 0 Å². The summed E-state index contributed by atoms with van der Waals surface area (Å²) in [5.41, 5.74) is 4.63. The molecule has 0 saturated carbocycles. The molecule has 0 aliphatic carbocycles. The molecule has 1 heteroatoms. The third-order valence-electron chi connectivity index (χ3n) is 4.16. The van der Waals surface area contributed by atoms with Crippen molar-refractivity contribution in [3.63, 3.8) is 0 Å². The van der Waals surface area contributed by atoms with E-state index in [-0.39, 0.29) is 0 Å². The van der Waals surface area contributed by atoms with Crippen LogP contribution >= 0.6 is 0 Å². The number of aromatic nitrogens is 1. The number of H-pyrrole nitrogens is 1. The van der Waals surface area contributed by atoms with Crippen LogP contribution in [0, 0.1) is 0 Å². The van der Waals surface area contributed by atoms with E-state index in [9.17, 15) is 0 Å². The van der Waals surface area contributed by atoms with Crippen LogP contribution in [-0.4, -0.2) is 4.98 Å². The summed E-state index contributed by atoms with van der Waals surface area (Å²) in [6.45, 7) is 8.02. The van der Waals surface area contributed by atoms with E-state index in [0.29, 0.717) is 0 Å². The van der Waals surface area contributed by atoms with E-state index in [2.05, 4.69) is 66.7 Å². The van der Waals surface area contributed by atoms with Crippen LogP contribution in [0.5, 0.6) is 0 Å². The molecule has 0 spiro atoms. The number of benzene rings is 3. The molecule has 1 nitrogen and oxygen atoms in total. The lowest BCUT2D eigenvalue weighted by atomic mass is 9.94. The van der Waals surface area contributed by atoms with Crippen LogP contribution in [0.1, 0.15) is 11.1 Å². The summed E-state index contributed by atoms with van der Waals surface area (Å²) in [5.74, 6) is 0. The van der Waals surface area contributed by atoms with Crippen LogP contribution in [-0.2, 0) is 0 Å². The van der Waals surface area contributed by atoms with Gasteiger partial charge in [-0.05, 0) is 22.6 Å². The summed E-state index contributed by atoms with van der Waals surface area (Å²) >= 11 is 0. The van der Waals surface area contributed by atoms with Crippen LogP contribution < -0.4 is 0 Å². The summed E-state index contributed by atoms with van der Waals surface area (Å²) in [5, 5.41) is 4.90. The maximum Gasteiger partial charge on any atom is 0.0551 e. The van der Waals surface area contributed by atoms with Crippen molar-refractivity contribution in [3.05, 3.63) is 72.8 Å². The van der Waals surface area contributed by atoms with Crippen molar-refractivity contribution >= 4 is 44.7 Å². The van der Waals surface area contributed by atoms with E-state index in [1.807, 2.05) is 12.2 Å². The van der Waals surface area contributed by atoms with E-state index in [0.717, 1.165) is 16.6 Å². The van der Waals surface area contributed by atoms with Gasteiger partial charge in [0.1, 0.15) is 0 Å². The number of para-hydroxylation sites is 1. The molecule has 0 amide bonds. The molecule has 0 bridgehead atoms. The second kappa shape index (κ2) is 4.35. The van der Waals surface area contributed by atoms with Gasteiger partial charge in [0.2, 0.25) is 0 Å². The highest BCUT2D eigenvalue weighted by atomic mass is 14.7. The summed E-state index contributed by atoms with van der Waals surface area (Å²) < 4.78 is 0. The summed E-state index contributed by atoms with van der Waals surface area (Å²) in [6.07, 6.45) is 3.87. The Morgan fingerprint density at radius 3 is 2.05 bits per heavy atom. The van der Waals surface area contributed by atoms with Crippen molar-refractivity contribution in [2.45, 2.75) is 0 Å². The van der Waals surface area contributed by atoms with E-state index in [1.165, 1.54) is 27.1 Å². The lowest BCUT2D eigenvalue weighted by Gasteiger charge is -2.10. The van der Waals surface area contributed by atoms with Gasteiger partial charge in [-0.25, -0.2) is 0 Å². The summed E-state index contributed by atoms with van der Waals surface area (Å²) in [7, 11) is 0. The minimum absolute atomic E-state index is 1.15. The van der Waals surface area contributed by atoms with Gasteiger partial charge < -0.3 is 4.98 Å². The SMILES string of the molecule is C=Cc1c(C=C)c2c3ccccc3[nH]c2c2ccccc12. The summed E-state index contributed by atoms with van der Waals surface area (Å²) in [4.78, 5) is 3.56. The van der Waals surface area contributed by atoms with Gasteiger partial charge in [-0.3, -0.25) is 0 Å². The van der Waals surface area contributed by atoms with E-state index < -0.39 is 0 Å². The Balaban J connectivity index is 2.43. The van der Waals surface area contributed by atoms with Gasteiger partial charge in [-0.1, -0.05) is 67.8 Å². The number of rotatable bonds is 2. The molecule has 0 aliphatic rings. The fourth-order valence-corrected chi connectivity index (χ4v) is 3.27. The minimum atomic E-state index is 1.15. The standard InChI is InChI=1S/C20H15N/c1-3-13-14(4-2)19-17-11-7-8-12-18(17)21-20(19)16-10-6-5-9-15(13)16/h3-12,21H,1-2H2. The maximum atomic E-state index is 4.02. The number of fused-ring (bicyclic) bond motifs is 5. The first-order valence-electron chi connectivity index (χ1n) is 7.05. The Labute approximate surface area is 123 Å². The molecule has 0 radical (unpaired) electrons. The van der Waals surface area contributed by atoms with Crippen molar-refractivity contribution in [3.8, 4) is 0 Å². The first-order chi connectivity index (χ1) is 10.3. The Kier molecular flexibility index (Phi) is 2.48. The minimum Gasteiger partial charge on any atom is -0.354 e. The average molecular weight is 269 g/mol. The normalized spacial score (nSPS) is 11.2. The van der Waals surface area contributed by atoms with Gasteiger partial charge >= 0.3 is 0 Å². The molecule has 21 heavy (non-hydrogen) atoms. The predicted octanol–water partition coefficient (Wildman–Crippen LogP) is 5.76. The monoisotopic (exact) mass is 269 g/mol. The van der Waals surface area contributed by atoms with Gasteiger partial charge in [-0.2, -0.15) is 0 Å². The number of hydrogen-bond donors (Lipinski definition) is 1. The highest BCUT2D eigenvalue weighted by Crippen LogP contribution is 2.38. The van der Waals surface area contributed by atoms with Crippen LogP contribution in [0.25, 0.3) is 44.7 Å². The van der Waals surface area contributed by atoms with Crippen LogP contribution in [0.15, 0.2) is 61.7 Å². The van der Waals surface area contributed by atoms with Crippen LogP contribution in [0.3, 0.4) is 0 Å². The lowest BCUT2D eigenvalue weighted by molar-refractivity contribution is 1.56. The largest absolute Gasteiger partial charge is 0.354 e. The molecule has 0 atom stereocenters. The van der Waals surface area contributed by atoms with E-state index in [4.69, 9.17) is 0 Å². The molecule has 1 aromatic heterocycles. The van der Waals surface area contributed by atoms with Gasteiger partial charge in [0.15, 0.2) is 0 Å². The first kappa shape index (κ1) is 12.0. The zero-order chi connectivity index (χ0) is 14.4. The second-order valence-corrected chi connectivity index (χ2v) is 5.20. The van der Waals surface area contributed by atoms with Crippen molar-refractivity contribution in [2.75, 3.05) is 0 Å². The molecule has 0 saturated heterocycles. The molecule has 4 aromatic rings. The molecule has 4 rings (SSSR count). The highest BCUT2D eigenvalue weighted by molar-refractivity contribution is 6.22. The van der Waals surface area contributed by atoms with Gasteiger partial charge in [0.05, 0.1) is 5.52 Å². The van der Waals surface area contributed by atoms with Crippen LogP contribution in [0.2, 0.25) is 0 Å². The second-order valence-electron chi connectivity index (χ2n) is 5.20. The third-order valence-corrected chi connectivity index (χ3v) is 4.16. The molecular formula is C20H15N. The topological polar surface area (TPSA) is 15.8 Å². The Morgan fingerprint density at radius 1 is 0.714 bits per heavy atom. The van der Waals surface area contributed by atoms with Crippen molar-refractivity contribution in [2.24, 2.45) is 0 Å². The zero-order valence-electron chi connectivity index (χ0n) is 11.7. The Morgan fingerprint density at radius 2 is 1.33 bits per heavy atom. The number of nitrogens with one attached hydrogen (secondary N) is 1. The maximum absolute atomic E-state index is 4.02. The van der Waals surface area contributed by atoms with Crippen LogP contribution in [0.4, 0.5) is 0 Å². The van der Waals surface area contributed by atoms with E-state index >= 15 is 0 Å². The molecule has 3 aromatic carbocycles. The molecule has 0 unspecified atom stereocenters. The van der Waals surface area contributed by atoms with Gasteiger partial charge in [-0.15, -0.1) is 0 Å². The van der Waals surface area contributed by atoms with Crippen molar-refractivity contribution in [1.82, 2.24) is 4.98 Å². The number of hydrogen-bond acceptors (Lipinski definition) is 0. The fraction of sp³-hybridized carbons (Fsp3) is 0. The van der Waals surface area contributed by atoms with E-state index in [1.54, 1.807) is 0 Å². The molecule has 1 N–H and O–H groups in total. The van der Waals surface area contributed by atoms with Gasteiger partial charge in [0.25, 0.3) is 0 Å². The zero-order valence-corrected chi connectivity index (χ0v) is 11.7. The fourth-order valence-electron chi connectivity index (χ4n) is 3.27. The lowest BCUT2D eigenvalue weighted by Crippen LogP contribution is -1.87. The smallest absolute Gasteiger partial charge is 0.0551 e. The molecule has 1 heterocycles. The first-order valence-corrected chi connectivity index (χ1v) is 7.05. The Bertz CT molecular complexity index is 1020. The predicted molar refractivity (Wildman–Crippen MR) is 93.5 cm³/mol. The highest BCUT2D eigenvalue weighted by Gasteiger charge is 2.14. The number of aromatic amines is 1. The molecule has 0 aliphatic heterocycles. The molecular weight excluding hydrogens is 254 g/mol. The summed E-state index contributed by atoms with van der Waals surface area (Å²) in [6, 6.07) is 16.8. The van der Waals surface area contributed by atoms with Gasteiger partial charge in [0, 0.05) is 21.7 Å². The average Bonchev–Trinajstić information content (AvgIpc) is 2.93. The quantitative estimate of drug-likeness (QED) is 0.476.